The van der Waals surface area contributed by atoms with Gasteiger partial charge < -0.3 is 10.1 Å². The van der Waals surface area contributed by atoms with Crippen LogP contribution in [0, 0.1) is 6.92 Å². The molecule has 2 aromatic rings. The minimum absolute atomic E-state index is 0.162. The molecule has 1 aliphatic rings. The summed E-state index contributed by atoms with van der Waals surface area (Å²) in [5.41, 5.74) is 2.77. The van der Waals surface area contributed by atoms with Gasteiger partial charge in [-0.25, -0.2) is 0 Å². The van der Waals surface area contributed by atoms with Gasteiger partial charge in [0.2, 0.25) is 0 Å². The molecule has 0 spiro atoms. The van der Waals surface area contributed by atoms with Crippen molar-refractivity contribution in [1.29, 1.82) is 0 Å². The summed E-state index contributed by atoms with van der Waals surface area (Å²) in [6.45, 7) is 1.99. The number of H-pyrrole nitrogens is 1. The molecule has 1 saturated carbocycles. The number of hydrogen-bond donors (Lipinski definition) is 2. The molecule has 0 saturated heterocycles. The predicted octanol–water partition coefficient (Wildman–Crippen LogP) is 2.86. The quantitative estimate of drug-likeness (QED) is 0.898. The average molecular weight is 271 g/mol. The second kappa shape index (κ2) is 5.00. The highest BCUT2D eigenvalue weighted by Crippen LogP contribution is 2.41. The number of nitrogens with zero attached hydrogens (tertiary/aromatic N) is 1. The molecule has 1 aliphatic carbocycles. The first-order valence-corrected chi connectivity index (χ1v) is 6.69. The van der Waals surface area contributed by atoms with E-state index in [1.807, 2.05) is 6.92 Å². The molecule has 20 heavy (non-hydrogen) atoms. The minimum atomic E-state index is -0.162. The second-order valence-electron chi connectivity index (χ2n) is 5.07. The van der Waals surface area contributed by atoms with Crippen LogP contribution in [0.25, 0.3) is 0 Å². The van der Waals surface area contributed by atoms with E-state index < -0.39 is 0 Å². The number of hydrogen-bond acceptors (Lipinski definition) is 3. The van der Waals surface area contributed by atoms with Crippen molar-refractivity contribution in [2.45, 2.75) is 25.7 Å². The maximum atomic E-state index is 12.2. The van der Waals surface area contributed by atoms with Crippen LogP contribution in [-0.4, -0.2) is 23.2 Å². The maximum absolute atomic E-state index is 12.2. The highest BCUT2D eigenvalue weighted by molar-refractivity contribution is 6.04. The molecular weight excluding hydrogens is 254 g/mol. The lowest BCUT2D eigenvalue weighted by molar-refractivity contribution is 0.102. The highest BCUT2D eigenvalue weighted by Gasteiger charge is 2.28. The van der Waals surface area contributed by atoms with Crippen molar-refractivity contribution in [2.75, 3.05) is 12.4 Å². The zero-order valence-electron chi connectivity index (χ0n) is 11.6. The fraction of sp³-hybridized carbons (Fsp3) is 0.333. The van der Waals surface area contributed by atoms with Crippen molar-refractivity contribution in [3.8, 4) is 5.75 Å². The van der Waals surface area contributed by atoms with Gasteiger partial charge in [-0.3, -0.25) is 9.89 Å². The number of benzene rings is 1. The number of amides is 1. The molecule has 1 aromatic heterocycles. The zero-order chi connectivity index (χ0) is 14.1. The molecule has 104 valence electrons. The van der Waals surface area contributed by atoms with Crippen LogP contribution < -0.4 is 10.1 Å². The zero-order valence-corrected chi connectivity index (χ0v) is 11.6. The number of nitrogens with one attached hydrogen (secondary N) is 2. The molecular formula is C15H17N3O2. The minimum Gasteiger partial charge on any atom is -0.497 e. The summed E-state index contributed by atoms with van der Waals surface area (Å²) in [5, 5.41) is 10.1. The monoisotopic (exact) mass is 271 g/mol. The van der Waals surface area contributed by atoms with Gasteiger partial charge in [0, 0.05) is 22.7 Å². The van der Waals surface area contributed by atoms with Crippen molar-refractivity contribution in [3.05, 3.63) is 41.1 Å². The smallest absolute Gasteiger partial charge is 0.256 e. The normalized spacial score (nSPS) is 14.1. The molecule has 1 heterocycles. The van der Waals surface area contributed by atoms with Crippen LogP contribution in [0.1, 0.15) is 40.4 Å². The first kappa shape index (κ1) is 12.7. The summed E-state index contributed by atoms with van der Waals surface area (Å²) in [4.78, 5) is 12.2. The SMILES string of the molecule is COc1ccc(C(=O)Nc2n[nH]c(C3CC3)c2C)cc1. The molecule has 5 nitrogen and oxygen atoms in total. The molecule has 5 heteroatoms. The Labute approximate surface area is 117 Å². The summed E-state index contributed by atoms with van der Waals surface area (Å²) >= 11 is 0. The maximum Gasteiger partial charge on any atom is 0.256 e. The number of carbonyl (C=O) groups excluding carboxylic acids is 1. The van der Waals surface area contributed by atoms with Crippen LogP contribution in [-0.2, 0) is 0 Å². The van der Waals surface area contributed by atoms with Crippen molar-refractivity contribution in [3.63, 3.8) is 0 Å². The third-order valence-corrected chi connectivity index (χ3v) is 3.62. The standard InChI is InChI=1S/C15H17N3O2/c1-9-13(10-3-4-10)17-18-14(9)16-15(19)11-5-7-12(20-2)8-6-11/h5-8,10H,3-4H2,1-2H3,(H2,16,17,18,19). The van der Waals surface area contributed by atoms with Gasteiger partial charge in [-0.15, -0.1) is 0 Å². The lowest BCUT2D eigenvalue weighted by Gasteiger charge is -2.04. The molecule has 0 bridgehead atoms. The third-order valence-electron chi connectivity index (χ3n) is 3.62. The van der Waals surface area contributed by atoms with Gasteiger partial charge in [0.05, 0.1) is 7.11 Å². The average Bonchev–Trinajstić information content (AvgIpc) is 3.25. The number of carbonyl (C=O) groups is 1. The van der Waals surface area contributed by atoms with Gasteiger partial charge in [0.25, 0.3) is 5.91 Å². The molecule has 0 atom stereocenters. The fourth-order valence-electron chi connectivity index (χ4n) is 2.22. The summed E-state index contributed by atoms with van der Waals surface area (Å²) in [6.07, 6.45) is 2.41. The molecule has 0 aliphatic heterocycles. The summed E-state index contributed by atoms with van der Waals surface area (Å²) in [7, 11) is 1.60. The van der Waals surface area contributed by atoms with E-state index in [4.69, 9.17) is 4.74 Å². The van der Waals surface area contributed by atoms with Gasteiger partial charge in [-0.1, -0.05) is 0 Å². The van der Waals surface area contributed by atoms with E-state index in [-0.39, 0.29) is 5.91 Å². The largest absolute Gasteiger partial charge is 0.497 e. The Hall–Kier alpha value is -2.30. The molecule has 1 aromatic carbocycles. The van der Waals surface area contributed by atoms with Crippen molar-refractivity contribution in [1.82, 2.24) is 10.2 Å². The number of methoxy groups -OCH3 is 1. The number of rotatable bonds is 4. The number of ether oxygens (including phenoxy) is 1. The number of anilines is 1. The van der Waals surface area contributed by atoms with Gasteiger partial charge in [-0.2, -0.15) is 5.10 Å². The van der Waals surface area contributed by atoms with Crippen LogP contribution in [0.3, 0.4) is 0 Å². The Bertz CT molecular complexity index is 627. The van der Waals surface area contributed by atoms with Crippen LogP contribution in [0.2, 0.25) is 0 Å². The van der Waals surface area contributed by atoms with Crippen LogP contribution in [0.4, 0.5) is 5.82 Å². The van der Waals surface area contributed by atoms with E-state index in [1.54, 1.807) is 31.4 Å². The van der Waals surface area contributed by atoms with Crippen molar-refractivity contribution < 1.29 is 9.53 Å². The van der Waals surface area contributed by atoms with E-state index in [2.05, 4.69) is 15.5 Å². The van der Waals surface area contributed by atoms with Crippen molar-refractivity contribution >= 4 is 11.7 Å². The van der Waals surface area contributed by atoms with Crippen molar-refractivity contribution in [2.24, 2.45) is 0 Å². The summed E-state index contributed by atoms with van der Waals surface area (Å²) < 4.78 is 5.07. The Kier molecular flexibility index (Phi) is 3.18. The Morgan fingerprint density at radius 1 is 1.35 bits per heavy atom. The van der Waals surface area contributed by atoms with E-state index in [0.29, 0.717) is 17.3 Å². The molecule has 0 radical (unpaired) electrons. The predicted molar refractivity (Wildman–Crippen MR) is 76.2 cm³/mol. The van der Waals surface area contributed by atoms with E-state index in [9.17, 15) is 4.79 Å². The first-order valence-electron chi connectivity index (χ1n) is 6.69. The van der Waals surface area contributed by atoms with Crippen LogP contribution in [0.15, 0.2) is 24.3 Å². The summed E-state index contributed by atoms with van der Waals surface area (Å²) in [5.74, 6) is 1.78. The fourth-order valence-corrected chi connectivity index (χ4v) is 2.22. The first-order chi connectivity index (χ1) is 9.69. The lowest BCUT2D eigenvalue weighted by atomic mass is 10.1. The molecule has 1 amide bonds. The Morgan fingerprint density at radius 2 is 2.05 bits per heavy atom. The molecule has 2 N–H and O–H groups in total. The van der Waals surface area contributed by atoms with Gasteiger partial charge >= 0.3 is 0 Å². The van der Waals surface area contributed by atoms with Gasteiger partial charge in [-0.05, 0) is 44.0 Å². The Morgan fingerprint density at radius 3 is 2.65 bits per heavy atom. The topological polar surface area (TPSA) is 67.0 Å². The van der Waals surface area contributed by atoms with Gasteiger partial charge in [0.1, 0.15) is 5.75 Å². The lowest BCUT2D eigenvalue weighted by Crippen LogP contribution is -2.12. The van der Waals surface area contributed by atoms with Gasteiger partial charge in [0.15, 0.2) is 5.82 Å². The van der Waals surface area contributed by atoms with Crippen LogP contribution in [0.5, 0.6) is 5.75 Å². The number of aromatic nitrogens is 2. The van der Waals surface area contributed by atoms with E-state index in [1.165, 1.54) is 12.8 Å². The third kappa shape index (κ3) is 2.39. The number of aromatic amines is 1. The van der Waals surface area contributed by atoms with Crippen LogP contribution >= 0.6 is 0 Å². The second-order valence-corrected chi connectivity index (χ2v) is 5.07. The molecule has 3 rings (SSSR count). The summed E-state index contributed by atoms with van der Waals surface area (Å²) in [6, 6.07) is 7.00. The van der Waals surface area contributed by atoms with E-state index in [0.717, 1.165) is 17.0 Å². The van der Waals surface area contributed by atoms with E-state index >= 15 is 0 Å². The Balaban J connectivity index is 1.74. The highest BCUT2D eigenvalue weighted by atomic mass is 16.5. The molecule has 1 fully saturated rings. The molecule has 0 unspecified atom stereocenters.